The van der Waals surface area contributed by atoms with Crippen LogP contribution in [-0.2, 0) is 16.0 Å². The number of nitrogens with one attached hydrogen (secondary N) is 3. The molecule has 3 rings (SSSR count). The molecule has 1 saturated heterocycles. The standard InChI is InChI=1S/C24H37N5O2.HI/c1-3-25-24(26-15-13-19-9-11-21(12-10-19)27-18(2)30)28-22-14-16-29(17-22)23(31)20-7-5-4-6-8-20;/h9-12,20,22H,3-8,13-17H2,1-2H3,(H,27,30)(H2,25,26,28);1H. The highest BCUT2D eigenvalue weighted by Crippen LogP contribution is 2.26. The third-order valence-electron chi connectivity index (χ3n) is 6.08. The second-order valence-corrected chi connectivity index (χ2v) is 8.64. The zero-order valence-corrected chi connectivity index (χ0v) is 21.7. The minimum atomic E-state index is -0.0652. The maximum atomic E-state index is 12.8. The summed E-state index contributed by atoms with van der Waals surface area (Å²) < 4.78 is 0. The van der Waals surface area contributed by atoms with Crippen molar-refractivity contribution in [3.63, 3.8) is 0 Å². The molecule has 1 heterocycles. The van der Waals surface area contributed by atoms with E-state index in [9.17, 15) is 9.59 Å². The molecule has 0 spiro atoms. The molecule has 1 aliphatic carbocycles. The molecule has 1 unspecified atom stereocenters. The highest BCUT2D eigenvalue weighted by molar-refractivity contribution is 14.0. The Morgan fingerprint density at radius 2 is 1.81 bits per heavy atom. The molecule has 2 amide bonds. The van der Waals surface area contributed by atoms with Crippen molar-refractivity contribution in [3.05, 3.63) is 29.8 Å². The second kappa shape index (κ2) is 13.6. The van der Waals surface area contributed by atoms with Gasteiger partial charge in [0.15, 0.2) is 5.96 Å². The number of hydrogen-bond donors (Lipinski definition) is 3. The normalized spacial score (nSPS) is 19.2. The Morgan fingerprint density at radius 3 is 2.47 bits per heavy atom. The van der Waals surface area contributed by atoms with Gasteiger partial charge >= 0.3 is 0 Å². The molecular formula is C24H38IN5O2. The predicted octanol–water partition coefficient (Wildman–Crippen LogP) is 3.54. The largest absolute Gasteiger partial charge is 0.357 e. The highest BCUT2D eigenvalue weighted by atomic mass is 127. The third kappa shape index (κ3) is 8.26. The molecule has 1 aromatic rings. The van der Waals surface area contributed by atoms with Crippen molar-refractivity contribution in [3.8, 4) is 0 Å². The molecule has 2 aliphatic rings. The van der Waals surface area contributed by atoms with Gasteiger partial charge in [-0.25, -0.2) is 0 Å². The second-order valence-electron chi connectivity index (χ2n) is 8.64. The van der Waals surface area contributed by atoms with E-state index in [1.165, 1.54) is 31.7 Å². The number of anilines is 1. The van der Waals surface area contributed by atoms with Crippen LogP contribution in [-0.4, -0.2) is 54.9 Å². The quantitative estimate of drug-likeness (QED) is 0.273. The molecule has 0 bridgehead atoms. The van der Waals surface area contributed by atoms with E-state index in [1.54, 1.807) is 0 Å². The lowest BCUT2D eigenvalue weighted by Gasteiger charge is -2.26. The first-order valence-electron chi connectivity index (χ1n) is 11.8. The molecule has 32 heavy (non-hydrogen) atoms. The van der Waals surface area contributed by atoms with Crippen LogP contribution in [0.2, 0.25) is 0 Å². The summed E-state index contributed by atoms with van der Waals surface area (Å²) in [6.07, 6.45) is 7.57. The third-order valence-corrected chi connectivity index (χ3v) is 6.08. The maximum absolute atomic E-state index is 12.8. The number of benzene rings is 1. The molecule has 1 aliphatic heterocycles. The zero-order valence-electron chi connectivity index (χ0n) is 19.4. The van der Waals surface area contributed by atoms with Gasteiger partial charge in [0.2, 0.25) is 11.8 Å². The van der Waals surface area contributed by atoms with E-state index < -0.39 is 0 Å². The van der Waals surface area contributed by atoms with Crippen LogP contribution in [0.3, 0.4) is 0 Å². The van der Waals surface area contributed by atoms with Gasteiger partial charge in [-0.1, -0.05) is 31.4 Å². The van der Waals surface area contributed by atoms with Crippen LogP contribution < -0.4 is 16.0 Å². The van der Waals surface area contributed by atoms with Gasteiger partial charge < -0.3 is 20.9 Å². The van der Waals surface area contributed by atoms with Gasteiger partial charge in [-0.15, -0.1) is 24.0 Å². The van der Waals surface area contributed by atoms with Crippen molar-refractivity contribution in [2.75, 3.05) is 31.5 Å². The number of aliphatic imine (C=N–C) groups is 1. The van der Waals surface area contributed by atoms with Crippen LogP contribution in [0.25, 0.3) is 0 Å². The Balaban J connectivity index is 0.00000363. The number of carbonyl (C=O) groups excluding carboxylic acids is 2. The fourth-order valence-electron chi connectivity index (χ4n) is 4.45. The molecule has 2 fully saturated rings. The monoisotopic (exact) mass is 555 g/mol. The summed E-state index contributed by atoms with van der Waals surface area (Å²) in [6.45, 7) is 6.65. The van der Waals surface area contributed by atoms with Crippen LogP contribution >= 0.6 is 24.0 Å². The van der Waals surface area contributed by atoms with Crippen LogP contribution in [0.4, 0.5) is 5.69 Å². The number of hydrogen-bond acceptors (Lipinski definition) is 3. The van der Waals surface area contributed by atoms with Crippen LogP contribution in [0.15, 0.2) is 29.3 Å². The van der Waals surface area contributed by atoms with Crippen LogP contribution in [0.5, 0.6) is 0 Å². The molecule has 8 heteroatoms. The highest BCUT2D eigenvalue weighted by Gasteiger charge is 2.31. The van der Waals surface area contributed by atoms with Gasteiger partial charge in [-0.2, -0.15) is 0 Å². The molecule has 0 aromatic heterocycles. The number of rotatable bonds is 7. The molecular weight excluding hydrogens is 517 g/mol. The van der Waals surface area contributed by atoms with E-state index in [4.69, 9.17) is 4.99 Å². The van der Waals surface area contributed by atoms with E-state index in [0.29, 0.717) is 12.5 Å². The van der Waals surface area contributed by atoms with Gasteiger partial charge in [0.05, 0.1) is 0 Å². The van der Waals surface area contributed by atoms with E-state index in [-0.39, 0.29) is 41.8 Å². The number of guanidine groups is 1. The minimum absolute atomic E-state index is 0. The summed E-state index contributed by atoms with van der Waals surface area (Å²) in [5.74, 6) is 1.35. The number of likely N-dealkylation sites (tertiary alicyclic amines) is 1. The van der Waals surface area contributed by atoms with Gasteiger partial charge in [0, 0.05) is 50.7 Å². The first kappa shape index (κ1) is 26.4. The summed E-state index contributed by atoms with van der Waals surface area (Å²) >= 11 is 0. The average molecular weight is 556 g/mol. The lowest BCUT2D eigenvalue weighted by molar-refractivity contribution is -0.135. The van der Waals surface area contributed by atoms with Gasteiger partial charge in [0.1, 0.15) is 0 Å². The first-order chi connectivity index (χ1) is 15.0. The number of carbonyl (C=O) groups is 2. The van der Waals surface area contributed by atoms with Crippen molar-refractivity contribution < 1.29 is 9.59 Å². The SMILES string of the molecule is CCNC(=NCCc1ccc(NC(C)=O)cc1)NC1CCN(C(=O)C2CCCCC2)C1.I. The summed E-state index contributed by atoms with van der Waals surface area (Å²) in [5.41, 5.74) is 1.99. The lowest BCUT2D eigenvalue weighted by Crippen LogP contribution is -2.45. The van der Waals surface area contributed by atoms with Crippen LogP contribution in [0, 0.1) is 5.92 Å². The first-order valence-corrected chi connectivity index (χ1v) is 11.8. The summed E-state index contributed by atoms with van der Waals surface area (Å²) in [4.78, 5) is 30.7. The van der Waals surface area contributed by atoms with E-state index in [1.807, 2.05) is 29.2 Å². The fourth-order valence-corrected chi connectivity index (χ4v) is 4.45. The predicted molar refractivity (Wildman–Crippen MR) is 141 cm³/mol. The van der Waals surface area contributed by atoms with Crippen molar-refractivity contribution >= 4 is 47.4 Å². The Kier molecular flexibility index (Phi) is 11.3. The average Bonchev–Trinajstić information content (AvgIpc) is 3.23. The topological polar surface area (TPSA) is 85.8 Å². The van der Waals surface area contributed by atoms with E-state index in [0.717, 1.165) is 57.0 Å². The van der Waals surface area contributed by atoms with Crippen molar-refractivity contribution in [1.29, 1.82) is 0 Å². The number of amides is 2. The Morgan fingerprint density at radius 1 is 1.09 bits per heavy atom. The minimum Gasteiger partial charge on any atom is -0.357 e. The molecule has 0 radical (unpaired) electrons. The molecule has 3 N–H and O–H groups in total. The van der Waals surface area contributed by atoms with E-state index in [2.05, 4.69) is 22.9 Å². The van der Waals surface area contributed by atoms with Crippen LogP contribution in [0.1, 0.15) is 57.9 Å². The summed E-state index contributed by atoms with van der Waals surface area (Å²) in [6, 6.07) is 8.13. The van der Waals surface area contributed by atoms with Crippen molar-refractivity contribution in [2.45, 2.75) is 64.8 Å². The number of halogens is 1. The van der Waals surface area contributed by atoms with E-state index >= 15 is 0 Å². The van der Waals surface area contributed by atoms with Gasteiger partial charge in [0.25, 0.3) is 0 Å². The number of nitrogens with zero attached hydrogens (tertiary/aromatic N) is 2. The van der Waals surface area contributed by atoms with Gasteiger partial charge in [-0.05, 0) is 50.3 Å². The van der Waals surface area contributed by atoms with Crippen molar-refractivity contribution in [1.82, 2.24) is 15.5 Å². The van der Waals surface area contributed by atoms with Crippen molar-refractivity contribution in [2.24, 2.45) is 10.9 Å². The molecule has 1 aromatic carbocycles. The maximum Gasteiger partial charge on any atom is 0.225 e. The van der Waals surface area contributed by atoms with Gasteiger partial charge in [-0.3, -0.25) is 14.6 Å². The zero-order chi connectivity index (χ0) is 22.1. The Bertz CT molecular complexity index is 762. The lowest BCUT2D eigenvalue weighted by atomic mass is 9.88. The Hall–Kier alpha value is -1.84. The Labute approximate surface area is 209 Å². The molecule has 7 nitrogen and oxygen atoms in total. The molecule has 1 saturated carbocycles. The molecule has 1 atom stereocenters. The summed E-state index contributed by atoms with van der Waals surface area (Å²) in [7, 11) is 0. The molecule has 178 valence electrons. The fraction of sp³-hybridized carbons (Fsp3) is 0.625. The summed E-state index contributed by atoms with van der Waals surface area (Å²) in [5, 5.41) is 9.62. The smallest absolute Gasteiger partial charge is 0.225 e.